The Labute approximate surface area is 192 Å². The van der Waals surface area contributed by atoms with Crippen LogP contribution in [0.25, 0.3) is 11.1 Å². The monoisotopic (exact) mass is 453 g/mol. The molecule has 166 valence electrons. The molecule has 1 aliphatic carbocycles. The van der Waals surface area contributed by atoms with Crippen LogP contribution in [0.2, 0.25) is 0 Å². The van der Waals surface area contributed by atoms with Crippen LogP contribution < -0.4 is 5.32 Å². The van der Waals surface area contributed by atoms with Gasteiger partial charge in [0.1, 0.15) is 18.0 Å². The van der Waals surface area contributed by atoms with Gasteiger partial charge in [0.25, 0.3) is 0 Å². The van der Waals surface area contributed by atoms with Crippen LogP contribution in [0.1, 0.15) is 29.5 Å². The van der Waals surface area contributed by atoms with Crippen molar-refractivity contribution in [1.29, 1.82) is 0 Å². The zero-order valence-electron chi connectivity index (χ0n) is 17.5. The van der Waals surface area contributed by atoms with Gasteiger partial charge in [0.15, 0.2) is 0 Å². The third-order valence-electron chi connectivity index (χ3n) is 5.70. The molecule has 0 bridgehead atoms. The van der Waals surface area contributed by atoms with E-state index in [1.807, 2.05) is 48.5 Å². The van der Waals surface area contributed by atoms with E-state index in [0.29, 0.717) is 0 Å². The Balaban J connectivity index is 0.00000289. The number of fused-ring (bicyclic) bond motifs is 3. The lowest BCUT2D eigenvalue weighted by Gasteiger charge is -2.26. The highest BCUT2D eigenvalue weighted by Crippen LogP contribution is 2.44. The molecule has 32 heavy (non-hydrogen) atoms. The maximum Gasteiger partial charge on any atom is 0.408 e. The summed E-state index contributed by atoms with van der Waals surface area (Å²) >= 11 is 0. The van der Waals surface area contributed by atoms with Crippen LogP contribution in [0.5, 0.6) is 0 Å². The van der Waals surface area contributed by atoms with E-state index in [2.05, 4.69) is 5.32 Å². The molecule has 4 rings (SSSR count). The van der Waals surface area contributed by atoms with Gasteiger partial charge in [-0.25, -0.2) is 14.0 Å². The van der Waals surface area contributed by atoms with E-state index in [4.69, 9.17) is 4.74 Å². The number of ether oxygens (including phenoxy) is 1. The minimum Gasteiger partial charge on any atom is -0.480 e. The zero-order valence-corrected chi connectivity index (χ0v) is 18.5. The van der Waals surface area contributed by atoms with Crippen molar-refractivity contribution in [2.45, 2.75) is 24.8 Å². The van der Waals surface area contributed by atoms with Crippen molar-refractivity contribution < 1.29 is 23.8 Å². The maximum absolute atomic E-state index is 14.0. The lowest BCUT2D eigenvalue weighted by Crippen LogP contribution is -2.54. The summed E-state index contributed by atoms with van der Waals surface area (Å²) in [7, 11) is 0. The van der Waals surface area contributed by atoms with Gasteiger partial charge in [-0.1, -0.05) is 66.7 Å². The number of carboxylic acids is 1. The number of hydrogen-bond donors (Lipinski definition) is 2. The third kappa shape index (κ3) is 4.48. The van der Waals surface area contributed by atoms with E-state index in [1.165, 1.54) is 25.1 Å². The second kappa shape index (κ2) is 9.44. The molecule has 0 radical (unpaired) electrons. The number of carbonyl (C=O) groups is 2. The van der Waals surface area contributed by atoms with Crippen LogP contribution >= 0.6 is 13.5 Å². The second-order valence-electron chi connectivity index (χ2n) is 7.86. The normalized spacial score (nSPS) is 13.8. The molecule has 3 aromatic rings. The van der Waals surface area contributed by atoms with Gasteiger partial charge in [-0.05, 0) is 40.8 Å². The zero-order chi connectivity index (χ0) is 22.0. The van der Waals surface area contributed by atoms with Crippen LogP contribution in [0, 0.1) is 5.82 Å². The van der Waals surface area contributed by atoms with E-state index in [9.17, 15) is 19.1 Å². The van der Waals surface area contributed by atoms with Gasteiger partial charge in [0.05, 0.1) is 0 Å². The average Bonchev–Trinajstić information content (AvgIpc) is 3.08. The van der Waals surface area contributed by atoms with E-state index in [-0.39, 0.29) is 38.0 Å². The SMILES string of the molecule is C[C@@](Cc1ccccc1F)(NC(=O)OCC1c2ccccc2-c2ccccc21)C(=O)O.S. The Morgan fingerprint density at radius 1 is 0.969 bits per heavy atom. The van der Waals surface area contributed by atoms with Crippen LogP contribution in [0.15, 0.2) is 72.8 Å². The number of alkyl carbamates (subject to hydrolysis) is 1. The molecule has 0 saturated carbocycles. The molecular formula is C25H24FNO4S. The number of nitrogens with one attached hydrogen (secondary N) is 1. The molecule has 1 amide bonds. The van der Waals surface area contributed by atoms with Gasteiger partial charge in [-0.2, -0.15) is 13.5 Å². The van der Waals surface area contributed by atoms with Gasteiger partial charge in [-0.15, -0.1) is 0 Å². The molecule has 0 saturated heterocycles. The van der Waals surface area contributed by atoms with Crippen LogP contribution in [-0.2, 0) is 16.0 Å². The highest BCUT2D eigenvalue weighted by molar-refractivity contribution is 7.59. The van der Waals surface area contributed by atoms with Crippen molar-refractivity contribution in [3.63, 3.8) is 0 Å². The second-order valence-corrected chi connectivity index (χ2v) is 7.86. The molecule has 0 spiro atoms. The Kier molecular flexibility index (Phi) is 6.89. The van der Waals surface area contributed by atoms with E-state index < -0.39 is 23.4 Å². The minimum atomic E-state index is -1.72. The third-order valence-corrected chi connectivity index (χ3v) is 5.70. The maximum atomic E-state index is 14.0. The molecule has 7 heteroatoms. The first kappa shape index (κ1) is 23.3. The van der Waals surface area contributed by atoms with E-state index in [1.54, 1.807) is 6.07 Å². The Hall–Kier alpha value is -3.32. The van der Waals surface area contributed by atoms with Gasteiger partial charge >= 0.3 is 12.1 Å². The predicted molar refractivity (Wildman–Crippen MR) is 125 cm³/mol. The van der Waals surface area contributed by atoms with E-state index >= 15 is 0 Å². The van der Waals surface area contributed by atoms with Gasteiger partial charge in [0, 0.05) is 12.3 Å². The molecule has 5 nitrogen and oxygen atoms in total. The topological polar surface area (TPSA) is 75.6 Å². The van der Waals surface area contributed by atoms with Crippen molar-refractivity contribution in [3.8, 4) is 11.1 Å². The highest BCUT2D eigenvalue weighted by Gasteiger charge is 2.37. The molecule has 0 fully saturated rings. The first-order valence-electron chi connectivity index (χ1n) is 9.99. The number of rotatable bonds is 6. The summed E-state index contributed by atoms with van der Waals surface area (Å²) in [6.07, 6.45) is -1.07. The summed E-state index contributed by atoms with van der Waals surface area (Å²) in [5, 5.41) is 12.1. The van der Waals surface area contributed by atoms with Crippen molar-refractivity contribution in [2.75, 3.05) is 6.61 Å². The first-order valence-corrected chi connectivity index (χ1v) is 9.99. The van der Waals surface area contributed by atoms with Gasteiger partial charge in [-0.3, -0.25) is 0 Å². The molecule has 0 unspecified atom stereocenters. The van der Waals surface area contributed by atoms with Crippen LogP contribution in [0.3, 0.4) is 0 Å². The van der Waals surface area contributed by atoms with Gasteiger partial charge < -0.3 is 15.2 Å². The fourth-order valence-electron chi connectivity index (χ4n) is 4.06. The summed E-state index contributed by atoms with van der Waals surface area (Å²) in [6.45, 7) is 1.40. The van der Waals surface area contributed by atoms with Crippen molar-refractivity contribution in [2.24, 2.45) is 0 Å². The number of carbonyl (C=O) groups excluding carboxylic acids is 1. The number of amides is 1. The lowest BCUT2D eigenvalue weighted by atomic mass is 9.92. The molecule has 2 N–H and O–H groups in total. The molecule has 3 aromatic carbocycles. The standard InChI is InChI=1S/C25H22FNO4.H2S/c1-25(23(28)29,14-16-8-2-7-13-22(16)26)27-24(30)31-15-21-19-11-5-3-9-17(19)18-10-4-6-12-20(18)21;/h2-13,21H,14-15H2,1H3,(H,27,30)(H,28,29);1H2/t25-;/m0./s1. The molecule has 0 aliphatic heterocycles. The van der Waals surface area contributed by atoms with Crippen molar-refractivity contribution >= 4 is 25.6 Å². The Bertz CT molecular complexity index is 1110. The summed E-state index contributed by atoms with van der Waals surface area (Å²) in [6, 6.07) is 21.8. The number of halogens is 1. The number of aliphatic carboxylic acids is 1. The Morgan fingerprint density at radius 2 is 1.50 bits per heavy atom. The Morgan fingerprint density at radius 3 is 2.06 bits per heavy atom. The summed E-state index contributed by atoms with van der Waals surface area (Å²) in [5.41, 5.74) is 2.80. The summed E-state index contributed by atoms with van der Waals surface area (Å²) < 4.78 is 19.5. The number of hydrogen-bond acceptors (Lipinski definition) is 3. The smallest absolute Gasteiger partial charge is 0.408 e. The summed E-state index contributed by atoms with van der Waals surface area (Å²) in [4.78, 5) is 24.4. The first-order chi connectivity index (χ1) is 14.9. The quantitative estimate of drug-likeness (QED) is 0.559. The van der Waals surface area contributed by atoms with Crippen molar-refractivity contribution in [3.05, 3.63) is 95.3 Å². The minimum absolute atomic E-state index is 0. The van der Waals surface area contributed by atoms with E-state index in [0.717, 1.165) is 22.3 Å². The molecular weight excluding hydrogens is 429 g/mol. The molecule has 0 aromatic heterocycles. The average molecular weight is 454 g/mol. The predicted octanol–water partition coefficient (Wildman–Crippen LogP) is 4.86. The number of benzene rings is 3. The largest absolute Gasteiger partial charge is 0.480 e. The molecule has 1 aliphatic rings. The highest BCUT2D eigenvalue weighted by atomic mass is 32.1. The van der Waals surface area contributed by atoms with Gasteiger partial charge in [0.2, 0.25) is 0 Å². The van der Waals surface area contributed by atoms with Crippen LogP contribution in [0.4, 0.5) is 9.18 Å². The van der Waals surface area contributed by atoms with Crippen LogP contribution in [-0.4, -0.2) is 29.3 Å². The fraction of sp³-hybridized carbons (Fsp3) is 0.200. The summed E-state index contributed by atoms with van der Waals surface area (Å²) in [5.74, 6) is -1.94. The lowest BCUT2D eigenvalue weighted by molar-refractivity contribution is -0.143. The molecule has 1 atom stereocenters. The van der Waals surface area contributed by atoms with Crippen molar-refractivity contribution in [1.82, 2.24) is 5.32 Å². The number of carboxylic acid groups (broad SMARTS) is 1. The fourth-order valence-corrected chi connectivity index (χ4v) is 4.06. The molecule has 0 heterocycles.